The molecule has 3 N–H and O–H groups in total. The minimum atomic E-state index is -0.532. The van der Waals surface area contributed by atoms with Crippen LogP contribution in [0.1, 0.15) is 36.1 Å². The van der Waals surface area contributed by atoms with E-state index in [4.69, 9.17) is 14.2 Å². The molecule has 10 nitrogen and oxygen atoms in total. The molecule has 3 aromatic rings. The van der Waals surface area contributed by atoms with Crippen LogP contribution >= 0.6 is 0 Å². The van der Waals surface area contributed by atoms with Crippen LogP contribution < -0.4 is 30.3 Å². The van der Waals surface area contributed by atoms with Crippen LogP contribution in [-0.2, 0) is 20.8 Å². The molecule has 0 bridgehead atoms. The molecule has 210 valence electrons. The molecule has 40 heavy (non-hydrogen) atoms. The lowest BCUT2D eigenvalue weighted by atomic mass is 10.1. The first-order valence-corrected chi connectivity index (χ1v) is 12.7. The Morgan fingerprint density at radius 3 is 2.30 bits per heavy atom. The number of carbonyl (C=O) groups excluding carboxylic acids is 3. The first kappa shape index (κ1) is 29.7. The van der Waals surface area contributed by atoms with E-state index in [-0.39, 0.29) is 25.0 Å². The normalized spacial score (nSPS) is 11.4. The lowest BCUT2D eigenvalue weighted by Gasteiger charge is -2.14. The number of amides is 3. The zero-order valence-corrected chi connectivity index (χ0v) is 22.8. The fourth-order valence-corrected chi connectivity index (χ4v) is 3.72. The second-order valence-electron chi connectivity index (χ2n) is 8.82. The summed E-state index contributed by atoms with van der Waals surface area (Å²) in [5.74, 6) is 0.601. The van der Waals surface area contributed by atoms with Crippen molar-refractivity contribution in [3.8, 4) is 17.2 Å². The van der Waals surface area contributed by atoms with Gasteiger partial charge in [-0.3, -0.25) is 14.4 Å². The Morgan fingerprint density at radius 1 is 0.875 bits per heavy atom. The third kappa shape index (κ3) is 9.79. The number of ether oxygens (including phenoxy) is 3. The highest BCUT2D eigenvalue weighted by molar-refractivity contribution is 5.97. The monoisotopic (exact) mass is 546 g/mol. The number of methoxy groups -OCH3 is 2. The largest absolute Gasteiger partial charge is 0.493 e. The van der Waals surface area contributed by atoms with Gasteiger partial charge in [0, 0.05) is 6.54 Å². The summed E-state index contributed by atoms with van der Waals surface area (Å²) in [4.78, 5) is 36.3. The predicted molar refractivity (Wildman–Crippen MR) is 152 cm³/mol. The minimum absolute atomic E-state index is 0.114. The minimum Gasteiger partial charge on any atom is -0.493 e. The van der Waals surface area contributed by atoms with Gasteiger partial charge in [0.2, 0.25) is 11.8 Å². The van der Waals surface area contributed by atoms with Crippen LogP contribution in [0.5, 0.6) is 17.2 Å². The van der Waals surface area contributed by atoms with Crippen molar-refractivity contribution in [1.29, 1.82) is 0 Å². The molecular formula is C30H34N4O6. The topological polar surface area (TPSA) is 127 Å². The highest BCUT2D eigenvalue weighted by atomic mass is 16.5. The number of nitrogens with zero attached hydrogens (tertiary/aromatic N) is 1. The summed E-state index contributed by atoms with van der Waals surface area (Å²) < 4.78 is 16.0. The molecule has 0 heterocycles. The summed E-state index contributed by atoms with van der Waals surface area (Å²) in [7, 11) is 3.13. The Labute approximate surface area is 233 Å². The maximum atomic E-state index is 12.2. The van der Waals surface area contributed by atoms with E-state index in [0.717, 1.165) is 11.1 Å². The summed E-state index contributed by atoms with van der Waals surface area (Å²) in [6.07, 6.45) is 1.68. The standard InChI is InChI=1S/C30H34N4O6/c1-21(24-7-5-4-6-8-24)33-30(37)20-40-25-12-9-23(10-13-25)19-32-34-29(36)18-28(35)31-16-15-22-11-14-26(38-2)27(17-22)39-3/h4-14,17,19,21H,15-16,18,20H2,1-3H3,(H,31,35)(H,33,37)(H,34,36)/b32-19+/t21-/m1/s1. The van der Waals surface area contributed by atoms with E-state index in [0.29, 0.717) is 35.8 Å². The number of hydrogen-bond donors (Lipinski definition) is 3. The maximum Gasteiger partial charge on any atom is 0.258 e. The van der Waals surface area contributed by atoms with E-state index in [9.17, 15) is 14.4 Å². The number of carbonyl (C=O) groups is 3. The quantitative estimate of drug-likeness (QED) is 0.162. The molecule has 0 aliphatic heterocycles. The van der Waals surface area contributed by atoms with Crippen molar-refractivity contribution in [2.45, 2.75) is 25.8 Å². The Bertz CT molecular complexity index is 1300. The average molecular weight is 547 g/mol. The van der Waals surface area contributed by atoms with E-state index in [1.54, 1.807) is 44.6 Å². The summed E-state index contributed by atoms with van der Waals surface area (Å²) in [5, 5.41) is 9.50. The van der Waals surface area contributed by atoms with E-state index >= 15 is 0 Å². The van der Waals surface area contributed by atoms with Crippen LogP contribution in [0.4, 0.5) is 0 Å². The fraction of sp³-hybridized carbons (Fsp3) is 0.267. The van der Waals surface area contributed by atoms with Crippen molar-refractivity contribution < 1.29 is 28.6 Å². The van der Waals surface area contributed by atoms with Gasteiger partial charge in [0.15, 0.2) is 18.1 Å². The Kier molecular flexibility index (Phi) is 11.5. The third-order valence-corrected chi connectivity index (χ3v) is 5.83. The van der Waals surface area contributed by atoms with Crippen molar-refractivity contribution in [1.82, 2.24) is 16.1 Å². The molecule has 0 fully saturated rings. The smallest absolute Gasteiger partial charge is 0.258 e. The van der Waals surface area contributed by atoms with Gasteiger partial charge in [0.25, 0.3) is 5.91 Å². The predicted octanol–water partition coefficient (Wildman–Crippen LogP) is 3.16. The van der Waals surface area contributed by atoms with Crippen molar-refractivity contribution in [3.63, 3.8) is 0 Å². The first-order chi connectivity index (χ1) is 19.4. The molecule has 0 unspecified atom stereocenters. The highest BCUT2D eigenvalue weighted by Crippen LogP contribution is 2.27. The number of nitrogens with one attached hydrogen (secondary N) is 3. The van der Waals surface area contributed by atoms with E-state index in [1.165, 1.54) is 6.21 Å². The molecule has 3 rings (SSSR count). The SMILES string of the molecule is COc1ccc(CCNC(=O)CC(=O)N/N=C/c2ccc(OCC(=O)N[C@H](C)c3ccccc3)cc2)cc1OC. The van der Waals surface area contributed by atoms with Crippen LogP contribution in [0.15, 0.2) is 77.9 Å². The van der Waals surface area contributed by atoms with Gasteiger partial charge in [0.1, 0.15) is 12.2 Å². The van der Waals surface area contributed by atoms with Gasteiger partial charge >= 0.3 is 0 Å². The Hall–Kier alpha value is -4.86. The van der Waals surface area contributed by atoms with Crippen molar-refractivity contribution >= 4 is 23.9 Å². The molecule has 0 saturated carbocycles. The first-order valence-electron chi connectivity index (χ1n) is 12.7. The molecule has 0 aromatic heterocycles. The lowest BCUT2D eigenvalue weighted by Crippen LogP contribution is -2.31. The van der Waals surface area contributed by atoms with E-state index in [1.807, 2.05) is 49.4 Å². The summed E-state index contributed by atoms with van der Waals surface area (Å²) in [6, 6.07) is 21.9. The van der Waals surface area contributed by atoms with E-state index < -0.39 is 11.8 Å². The second kappa shape index (κ2) is 15.5. The lowest BCUT2D eigenvalue weighted by molar-refractivity contribution is -0.129. The molecule has 3 aromatic carbocycles. The zero-order chi connectivity index (χ0) is 28.7. The van der Waals surface area contributed by atoms with Crippen LogP contribution in [0.3, 0.4) is 0 Å². The van der Waals surface area contributed by atoms with Gasteiger partial charge < -0.3 is 24.8 Å². The molecule has 1 atom stereocenters. The van der Waals surface area contributed by atoms with Gasteiger partial charge in [-0.2, -0.15) is 5.10 Å². The number of benzene rings is 3. The molecule has 0 saturated heterocycles. The molecular weight excluding hydrogens is 512 g/mol. The molecule has 10 heteroatoms. The van der Waals surface area contributed by atoms with Crippen LogP contribution in [0.25, 0.3) is 0 Å². The second-order valence-corrected chi connectivity index (χ2v) is 8.82. The van der Waals surface area contributed by atoms with Crippen molar-refractivity contribution in [2.24, 2.45) is 5.10 Å². The van der Waals surface area contributed by atoms with Gasteiger partial charge in [-0.15, -0.1) is 0 Å². The maximum absolute atomic E-state index is 12.2. The fourth-order valence-electron chi connectivity index (χ4n) is 3.72. The highest BCUT2D eigenvalue weighted by Gasteiger charge is 2.11. The Morgan fingerprint density at radius 2 is 1.60 bits per heavy atom. The number of rotatable bonds is 14. The zero-order valence-electron chi connectivity index (χ0n) is 22.8. The third-order valence-electron chi connectivity index (χ3n) is 5.83. The molecule has 0 aliphatic carbocycles. The molecule has 0 aliphatic rings. The van der Waals surface area contributed by atoms with Gasteiger partial charge in [-0.25, -0.2) is 5.43 Å². The number of hydrogen-bond acceptors (Lipinski definition) is 7. The Balaban J connectivity index is 1.33. The van der Waals surface area contributed by atoms with Crippen LogP contribution in [0.2, 0.25) is 0 Å². The van der Waals surface area contributed by atoms with Crippen LogP contribution in [-0.4, -0.2) is 51.3 Å². The van der Waals surface area contributed by atoms with Crippen molar-refractivity contribution in [2.75, 3.05) is 27.4 Å². The molecule has 0 spiro atoms. The molecule has 0 radical (unpaired) electrons. The average Bonchev–Trinajstić information content (AvgIpc) is 2.97. The summed E-state index contributed by atoms with van der Waals surface area (Å²) in [5.41, 5.74) is 5.02. The van der Waals surface area contributed by atoms with Gasteiger partial charge in [-0.05, 0) is 66.4 Å². The van der Waals surface area contributed by atoms with E-state index in [2.05, 4.69) is 21.2 Å². The summed E-state index contributed by atoms with van der Waals surface area (Å²) >= 11 is 0. The van der Waals surface area contributed by atoms with Crippen LogP contribution in [0, 0.1) is 0 Å². The van der Waals surface area contributed by atoms with Gasteiger partial charge in [-0.1, -0.05) is 36.4 Å². The summed E-state index contributed by atoms with van der Waals surface area (Å²) in [6.45, 7) is 2.17. The van der Waals surface area contributed by atoms with Gasteiger partial charge in [0.05, 0.1) is 26.5 Å². The number of hydrazone groups is 1. The molecule has 3 amide bonds. The van der Waals surface area contributed by atoms with Crippen molar-refractivity contribution in [3.05, 3.63) is 89.5 Å².